The van der Waals surface area contributed by atoms with Crippen LogP contribution in [0.15, 0.2) is 16.6 Å². The van der Waals surface area contributed by atoms with Gasteiger partial charge >= 0.3 is 0 Å². The van der Waals surface area contributed by atoms with E-state index >= 15 is 0 Å². The predicted octanol–water partition coefficient (Wildman–Crippen LogP) is 2.98. The number of halogens is 1. The van der Waals surface area contributed by atoms with Gasteiger partial charge in [0.25, 0.3) is 0 Å². The Balaban J connectivity index is 2.58. The first kappa shape index (κ1) is 9.71. The molecule has 0 N–H and O–H groups in total. The minimum Gasteiger partial charge on any atom is -0.486 e. The van der Waals surface area contributed by atoms with E-state index in [9.17, 15) is 4.79 Å². The molecule has 0 fully saturated rings. The van der Waals surface area contributed by atoms with Crippen molar-refractivity contribution < 1.29 is 9.53 Å². The molecule has 14 heavy (non-hydrogen) atoms. The van der Waals surface area contributed by atoms with E-state index in [4.69, 9.17) is 4.74 Å². The van der Waals surface area contributed by atoms with Crippen LogP contribution >= 0.6 is 15.9 Å². The van der Waals surface area contributed by atoms with Crippen LogP contribution in [0.4, 0.5) is 0 Å². The Morgan fingerprint density at radius 2 is 2.21 bits per heavy atom. The summed E-state index contributed by atoms with van der Waals surface area (Å²) < 4.78 is 6.68. The molecular weight excluding hydrogens is 244 g/mol. The van der Waals surface area contributed by atoms with Crippen molar-refractivity contribution in [3.05, 3.63) is 27.7 Å². The molecule has 0 atom stereocenters. The minimum absolute atomic E-state index is 0.204. The highest BCUT2D eigenvalue weighted by molar-refractivity contribution is 9.10. The molecule has 1 heterocycles. The lowest BCUT2D eigenvalue weighted by atomic mass is 9.98. The van der Waals surface area contributed by atoms with Crippen LogP contribution in [0.5, 0.6) is 5.75 Å². The summed E-state index contributed by atoms with van der Waals surface area (Å²) >= 11 is 3.42. The highest BCUT2D eigenvalue weighted by Gasteiger charge is 2.33. The van der Waals surface area contributed by atoms with Crippen molar-refractivity contribution in [3.63, 3.8) is 0 Å². The van der Waals surface area contributed by atoms with Gasteiger partial charge in [0, 0.05) is 17.5 Å². The van der Waals surface area contributed by atoms with Crippen molar-refractivity contribution in [1.29, 1.82) is 0 Å². The molecule has 3 heteroatoms. The number of rotatable bonds is 1. The van der Waals surface area contributed by atoms with E-state index in [1.165, 1.54) is 0 Å². The number of carbonyl (C=O) groups excluding carboxylic acids is 1. The van der Waals surface area contributed by atoms with Gasteiger partial charge in [-0.2, -0.15) is 0 Å². The second-order valence-corrected chi connectivity index (χ2v) is 4.96. The van der Waals surface area contributed by atoms with Crippen LogP contribution in [0.25, 0.3) is 0 Å². The maximum Gasteiger partial charge on any atom is 0.150 e. The molecule has 1 aromatic carbocycles. The fourth-order valence-electron chi connectivity index (χ4n) is 1.76. The fraction of sp³-hybridized carbons (Fsp3) is 0.364. The zero-order valence-corrected chi connectivity index (χ0v) is 9.72. The molecule has 2 nitrogen and oxygen atoms in total. The zero-order valence-electron chi connectivity index (χ0n) is 8.13. The number of benzene rings is 1. The van der Waals surface area contributed by atoms with Gasteiger partial charge in [0.1, 0.15) is 17.6 Å². The van der Waals surface area contributed by atoms with Gasteiger partial charge in [0.2, 0.25) is 0 Å². The monoisotopic (exact) mass is 254 g/mol. The fourth-order valence-corrected chi connectivity index (χ4v) is 2.21. The molecule has 0 bridgehead atoms. The zero-order chi connectivity index (χ0) is 10.3. The van der Waals surface area contributed by atoms with Gasteiger partial charge in [-0.05, 0) is 35.8 Å². The molecule has 0 aliphatic carbocycles. The van der Waals surface area contributed by atoms with E-state index in [1.807, 2.05) is 26.0 Å². The quantitative estimate of drug-likeness (QED) is 0.721. The molecule has 1 aliphatic heterocycles. The molecule has 0 amide bonds. The lowest BCUT2D eigenvalue weighted by molar-refractivity contribution is 0.112. The van der Waals surface area contributed by atoms with Gasteiger partial charge in [-0.1, -0.05) is 6.07 Å². The Bertz CT molecular complexity index is 397. The number of hydrogen-bond donors (Lipinski definition) is 0. The van der Waals surface area contributed by atoms with E-state index in [0.717, 1.165) is 34.1 Å². The van der Waals surface area contributed by atoms with Crippen LogP contribution in [-0.2, 0) is 6.42 Å². The van der Waals surface area contributed by atoms with Crippen molar-refractivity contribution in [2.24, 2.45) is 0 Å². The Morgan fingerprint density at radius 3 is 2.86 bits per heavy atom. The van der Waals surface area contributed by atoms with Gasteiger partial charge in [-0.15, -0.1) is 0 Å². The van der Waals surface area contributed by atoms with Crippen LogP contribution in [0.2, 0.25) is 0 Å². The summed E-state index contributed by atoms with van der Waals surface area (Å²) in [5.41, 5.74) is 1.54. The molecule has 0 unspecified atom stereocenters. The van der Waals surface area contributed by atoms with Crippen LogP contribution in [-0.4, -0.2) is 11.9 Å². The predicted molar refractivity (Wildman–Crippen MR) is 57.9 cm³/mol. The van der Waals surface area contributed by atoms with E-state index in [2.05, 4.69) is 15.9 Å². The summed E-state index contributed by atoms with van der Waals surface area (Å²) in [5, 5.41) is 0. The molecule has 0 radical (unpaired) electrons. The van der Waals surface area contributed by atoms with Crippen molar-refractivity contribution in [2.75, 3.05) is 0 Å². The van der Waals surface area contributed by atoms with E-state index in [-0.39, 0.29) is 5.60 Å². The molecule has 74 valence electrons. The Morgan fingerprint density at radius 1 is 1.50 bits per heavy atom. The molecule has 0 aromatic heterocycles. The first-order valence-corrected chi connectivity index (χ1v) is 5.28. The van der Waals surface area contributed by atoms with Gasteiger partial charge in [-0.3, -0.25) is 4.79 Å². The highest BCUT2D eigenvalue weighted by atomic mass is 79.9. The molecule has 0 saturated heterocycles. The maximum atomic E-state index is 10.8. The summed E-state index contributed by atoms with van der Waals surface area (Å²) in [7, 11) is 0. The highest BCUT2D eigenvalue weighted by Crippen LogP contribution is 2.41. The van der Waals surface area contributed by atoms with Crippen LogP contribution in [0.3, 0.4) is 0 Å². The van der Waals surface area contributed by atoms with Crippen LogP contribution in [0, 0.1) is 0 Å². The molecular formula is C11H11BrO2. The summed E-state index contributed by atoms with van der Waals surface area (Å²) in [6.07, 6.45) is 1.67. The molecule has 0 spiro atoms. The number of aldehydes is 1. The second kappa shape index (κ2) is 3.09. The largest absolute Gasteiger partial charge is 0.486 e. The molecule has 2 rings (SSSR count). The summed E-state index contributed by atoms with van der Waals surface area (Å²) in [6, 6.07) is 3.67. The van der Waals surface area contributed by atoms with Gasteiger partial charge < -0.3 is 4.74 Å². The number of ether oxygens (including phenoxy) is 1. The Hall–Kier alpha value is -0.830. The van der Waals surface area contributed by atoms with Crippen molar-refractivity contribution in [1.82, 2.24) is 0 Å². The Kier molecular flexibility index (Phi) is 2.14. The van der Waals surface area contributed by atoms with Crippen LogP contribution in [0.1, 0.15) is 29.8 Å². The first-order valence-electron chi connectivity index (χ1n) is 4.49. The number of hydrogen-bond acceptors (Lipinski definition) is 2. The molecule has 0 saturated carbocycles. The molecule has 1 aliphatic rings. The molecule has 1 aromatic rings. The standard InChI is InChI=1S/C11H11BrO2/c1-11(2)5-8-7(6-13)3-4-9(12)10(8)14-11/h3-4,6H,5H2,1-2H3. The van der Waals surface area contributed by atoms with Crippen molar-refractivity contribution in [2.45, 2.75) is 25.9 Å². The maximum absolute atomic E-state index is 10.8. The first-order chi connectivity index (χ1) is 6.53. The van der Waals surface area contributed by atoms with E-state index < -0.39 is 0 Å². The van der Waals surface area contributed by atoms with Gasteiger partial charge in [-0.25, -0.2) is 0 Å². The smallest absolute Gasteiger partial charge is 0.150 e. The number of carbonyl (C=O) groups is 1. The third kappa shape index (κ3) is 1.46. The summed E-state index contributed by atoms with van der Waals surface area (Å²) in [6.45, 7) is 4.04. The second-order valence-electron chi connectivity index (χ2n) is 4.10. The van der Waals surface area contributed by atoms with E-state index in [0.29, 0.717) is 0 Å². The van der Waals surface area contributed by atoms with Crippen LogP contribution < -0.4 is 4.74 Å². The average molecular weight is 255 g/mol. The third-order valence-corrected chi connectivity index (χ3v) is 2.98. The van der Waals surface area contributed by atoms with Crippen molar-refractivity contribution >= 4 is 22.2 Å². The summed E-state index contributed by atoms with van der Waals surface area (Å²) in [4.78, 5) is 10.8. The minimum atomic E-state index is -0.204. The van der Waals surface area contributed by atoms with Crippen molar-refractivity contribution in [3.8, 4) is 5.75 Å². The van der Waals surface area contributed by atoms with E-state index in [1.54, 1.807) is 0 Å². The Labute approximate surface area is 91.4 Å². The third-order valence-electron chi connectivity index (χ3n) is 2.36. The number of fused-ring (bicyclic) bond motifs is 1. The lowest BCUT2D eigenvalue weighted by Gasteiger charge is -2.17. The SMILES string of the molecule is CC1(C)Cc2c(C=O)ccc(Br)c2O1. The normalized spacial score (nSPS) is 17.4. The van der Waals surface area contributed by atoms with Gasteiger partial charge in [0.05, 0.1) is 4.47 Å². The average Bonchev–Trinajstić information content (AvgIpc) is 2.42. The summed E-state index contributed by atoms with van der Waals surface area (Å²) in [5.74, 6) is 0.819. The lowest BCUT2D eigenvalue weighted by Crippen LogP contribution is -2.24. The topological polar surface area (TPSA) is 26.3 Å². The van der Waals surface area contributed by atoms with Gasteiger partial charge in [0.15, 0.2) is 0 Å².